The molecule has 7 heteroatoms. The minimum atomic E-state index is -0.0985. The van der Waals surface area contributed by atoms with Crippen LogP contribution in [-0.4, -0.2) is 28.2 Å². The van der Waals surface area contributed by atoms with Crippen LogP contribution in [0.15, 0.2) is 52.9 Å². The van der Waals surface area contributed by atoms with Crippen molar-refractivity contribution in [3.63, 3.8) is 0 Å². The zero-order valence-electron chi connectivity index (χ0n) is 14.5. The van der Waals surface area contributed by atoms with Crippen molar-refractivity contribution in [1.29, 1.82) is 0 Å². The van der Waals surface area contributed by atoms with Crippen LogP contribution in [0.2, 0.25) is 0 Å². The van der Waals surface area contributed by atoms with E-state index in [1.807, 2.05) is 13.0 Å². The number of carbonyl (C=O) groups is 1. The molecule has 0 N–H and O–H groups in total. The first kappa shape index (κ1) is 18.4. The lowest BCUT2D eigenvalue weighted by Gasteiger charge is -2.09. The maximum Gasteiger partial charge on any atom is 0.263 e. The number of methoxy groups -OCH3 is 1. The number of nitrogens with zero attached hydrogens (tertiary/aromatic N) is 2. The predicted molar refractivity (Wildman–Crippen MR) is 107 cm³/mol. The van der Waals surface area contributed by atoms with Gasteiger partial charge in [-0.2, -0.15) is 0 Å². The summed E-state index contributed by atoms with van der Waals surface area (Å²) in [4.78, 5) is 31.5. The van der Waals surface area contributed by atoms with Crippen LogP contribution in [0.25, 0.3) is 10.2 Å². The number of thioether (sulfide) groups is 1. The van der Waals surface area contributed by atoms with Crippen LogP contribution >= 0.6 is 23.1 Å². The molecule has 0 fully saturated rings. The van der Waals surface area contributed by atoms with Gasteiger partial charge in [-0.1, -0.05) is 17.8 Å². The van der Waals surface area contributed by atoms with Gasteiger partial charge >= 0.3 is 0 Å². The summed E-state index contributed by atoms with van der Waals surface area (Å²) in [5.41, 5.74) is 0.502. The Balaban J connectivity index is 1.87. The number of ketones is 1. The zero-order chi connectivity index (χ0) is 18.7. The molecule has 134 valence electrons. The molecule has 0 aliphatic heterocycles. The molecule has 3 aromatic rings. The number of benzene rings is 1. The number of hydrogen-bond acceptors (Lipinski definition) is 6. The first-order valence-corrected chi connectivity index (χ1v) is 9.75. The van der Waals surface area contributed by atoms with E-state index in [0.29, 0.717) is 33.2 Å². The Labute approximate surface area is 159 Å². The minimum absolute atomic E-state index is 0.0282. The molecule has 0 atom stereocenters. The second kappa shape index (κ2) is 7.88. The molecule has 1 aromatic carbocycles. The van der Waals surface area contributed by atoms with Gasteiger partial charge in [0.05, 0.1) is 18.2 Å². The fraction of sp³-hybridized carbons (Fsp3) is 0.211. The average molecular weight is 386 g/mol. The van der Waals surface area contributed by atoms with E-state index in [0.717, 1.165) is 4.88 Å². The number of fused-ring (bicyclic) bond motifs is 1. The van der Waals surface area contributed by atoms with E-state index in [1.165, 1.54) is 23.1 Å². The third-order valence-corrected chi connectivity index (χ3v) is 5.72. The molecule has 26 heavy (non-hydrogen) atoms. The molecule has 0 saturated carbocycles. The van der Waals surface area contributed by atoms with Crippen LogP contribution in [0.5, 0.6) is 5.75 Å². The summed E-state index contributed by atoms with van der Waals surface area (Å²) in [7, 11) is 1.58. The standard InChI is InChI=1S/C19H18N2O3S2/c1-4-9-21-18(23)15-10-12(2)26-17(15)20-19(21)25-11-16(22)13-5-7-14(24-3)8-6-13/h4-8,10H,1,9,11H2,2-3H3. The molecule has 0 aliphatic rings. The van der Waals surface area contributed by atoms with E-state index in [-0.39, 0.29) is 17.1 Å². The molecule has 3 rings (SSSR count). The largest absolute Gasteiger partial charge is 0.497 e. The van der Waals surface area contributed by atoms with E-state index in [4.69, 9.17) is 4.74 Å². The molecule has 5 nitrogen and oxygen atoms in total. The highest BCUT2D eigenvalue weighted by molar-refractivity contribution is 7.99. The second-order valence-corrected chi connectivity index (χ2v) is 7.79. The molecule has 0 amide bonds. The lowest BCUT2D eigenvalue weighted by molar-refractivity contribution is 0.102. The van der Waals surface area contributed by atoms with Gasteiger partial charge in [0.1, 0.15) is 10.6 Å². The molecule has 2 aromatic heterocycles. The van der Waals surface area contributed by atoms with Crippen molar-refractivity contribution in [2.45, 2.75) is 18.6 Å². The summed E-state index contributed by atoms with van der Waals surface area (Å²) in [6, 6.07) is 8.83. The molecule has 0 bridgehead atoms. The number of carbonyl (C=O) groups excluding carboxylic acids is 1. The highest BCUT2D eigenvalue weighted by Crippen LogP contribution is 2.25. The molecule has 0 spiro atoms. The number of Topliss-reactive ketones (excluding diaryl/α,β-unsaturated/α-hetero) is 1. The van der Waals surface area contributed by atoms with Crippen LogP contribution in [0.1, 0.15) is 15.2 Å². The molecular weight excluding hydrogens is 368 g/mol. The van der Waals surface area contributed by atoms with Crippen LogP contribution < -0.4 is 10.3 Å². The Morgan fingerprint density at radius 1 is 1.38 bits per heavy atom. The maximum absolute atomic E-state index is 12.7. The highest BCUT2D eigenvalue weighted by Gasteiger charge is 2.15. The fourth-order valence-corrected chi connectivity index (χ4v) is 4.33. The molecular formula is C19H18N2O3S2. The van der Waals surface area contributed by atoms with Gasteiger partial charge in [0.25, 0.3) is 5.56 Å². The quantitative estimate of drug-likeness (QED) is 0.266. The molecule has 0 radical (unpaired) electrons. The van der Waals surface area contributed by atoms with Crippen LogP contribution in [-0.2, 0) is 6.54 Å². The Morgan fingerprint density at radius 2 is 2.12 bits per heavy atom. The summed E-state index contributed by atoms with van der Waals surface area (Å²) in [6.07, 6.45) is 1.66. The Morgan fingerprint density at radius 3 is 2.77 bits per heavy atom. The van der Waals surface area contributed by atoms with Crippen molar-refractivity contribution in [3.8, 4) is 5.75 Å². The lowest BCUT2D eigenvalue weighted by Crippen LogP contribution is -2.22. The van der Waals surface area contributed by atoms with E-state index in [2.05, 4.69) is 11.6 Å². The average Bonchev–Trinajstić information content (AvgIpc) is 3.03. The van der Waals surface area contributed by atoms with Crippen LogP contribution in [0.3, 0.4) is 0 Å². The lowest BCUT2D eigenvalue weighted by atomic mass is 10.1. The summed E-state index contributed by atoms with van der Waals surface area (Å²) < 4.78 is 6.67. The fourth-order valence-electron chi connectivity index (χ4n) is 2.51. The first-order chi connectivity index (χ1) is 12.5. The highest BCUT2D eigenvalue weighted by atomic mass is 32.2. The number of hydrogen-bond donors (Lipinski definition) is 0. The molecule has 0 saturated heterocycles. The summed E-state index contributed by atoms with van der Waals surface area (Å²) in [6.45, 7) is 6.01. The predicted octanol–water partition coefficient (Wildman–Crippen LogP) is 3.94. The minimum Gasteiger partial charge on any atom is -0.497 e. The van der Waals surface area contributed by atoms with Gasteiger partial charge in [0.2, 0.25) is 0 Å². The summed E-state index contributed by atoms with van der Waals surface area (Å²) in [5.74, 6) is 0.875. The van der Waals surface area contributed by atoms with E-state index in [1.54, 1.807) is 42.0 Å². The molecule has 2 heterocycles. The van der Waals surface area contributed by atoms with Crippen molar-refractivity contribution < 1.29 is 9.53 Å². The van der Waals surface area contributed by atoms with Crippen molar-refractivity contribution in [2.75, 3.05) is 12.9 Å². The first-order valence-electron chi connectivity index (χ1n) is 7.95. The van der Waals surface area contributed by atoms with E-state index in [9.17, 15) is 9.59 Å². The monoisotopic (exact) mass is 386 g/mol. The van der Waals surface area contributed by atoms with Crippen molar-refractivity contribution >= 4 is 39.1 Å². The summed E-state index contributed by atoms with van der Waals surface area (Å²) in [5, 5.41) is 1.14. The van der Waals surface area contributed by atoms with Gasteiger partial charge < -0.3 is 4.74 Å². The molecule has 0 unspecified atom stereocenters. The van der Waals surface area contributed by atoms with Gasteiger partial charge in [-0.15, -0.1) is 17.9 Å². The normalized spacial score (nSPS) is 10.8. The molecule has 0 aliphatic carbocycles. The third kappa shape index (κ3) is 3.73. The second-order valence-electron chi connectivity index (χ2n) is 5.62. The van der Waals surface area contributed by atoms with Gasteiger partial charge in [-0.3, -0.25) is 14.2 Å². The van der Waals surface area contributed by atoms with Gasteiger partial charge in [-0.05, 0) is 37.3 Å². The van der Waals surface area contributed by atoms with Crippen molar-refractivity contribution in [2.24, 2.45) is 0 Å². The number of allylic oxidation sites excluding steroid dienone is 1. The number of rotatable bonds is 7. The SMILES string of the molecule is C=CCn1c(SCC(=O)c2ccc(OC)cc2)nc2sc(C)cc2c1=O. The van der Waals surface area contributed by atoms with E-state index < -0.39 is 0 Å². The van der Waals surface area contributed by atoms with Gasteiger partial charge in [0, 0.05) is 17.0 Å². The topological polar surface area (TPSA) is 61.2 Å². The van der Waals surface area contributed by atoms with Gasteiger partial charge in [-0.25, -0.2) is 4.98 Å². The number of aromatic nitrogens is 2. The smallest absolute Gasteiger partial charge is 0.263 e. The van der Waals surface area contributed by atoms with Crippen molar-refractivity contribution in [3.05, 3.63) is 63.8 Å². The van der Waals surface area contributed by atoms with Crippen LogP contribution in [0.4, 0.5) is 0 Å². The van der Waals surface area contributed by atoms with E-state index >= 15 is 0 Å². The number of ether oxygens (including phenoxy) is 1. The Hall–Kier alpha value is -2.38. The Bertz CT molecular complexity index is 1020. The van der Waals surface area contributed by atoms with Crippen molar-refractivity contribution in [1.82, 2.24) is 9.55 Å². The number of aryl methyl sites for hydroxylation is 1. The number of thiophene rings is 1. The maximum atomic E-state index is 12.7. The third-order valence-electron chi connectivity index (χ3n) is 3.80. The zero-order valence-corrected chi connectivity index (χ0v) is 16.2. The Kier molecular flexibility index (Phi) is 5.58. The van der Waals surface area contributed by atoms with Crippen LogP contribution in [0, 0.1) is 6.92 Å². The van der Waals surface area contributed by atoms with Gasteiger partial charge in [0.15, 0.2) is 10.9 Å². The summed E-state index contributed by atoms with van der Waals surface area (Å²) >= 11 is 2.75.